The number of aliphatic hydroxyl groups excluding tert-OH is 1. The van der Waals surface area contributed by atoms with Crippen molar-refractivity contribution in [2.24, 2.45) is 0 Å². The fourth-order valence-corrected chi connectivity index (χ4v) is 2.09. The molecule has 0 radical (unpaired) electrons. The van der Waals surface area contributed by atoms with E-state index in [1.54, 1.807) is 10.9 Å². The van der Waals surface area contributed by atoms with Crippen LogP contribution in [-0.4, -0.2) is 31.2 Å². The van der Waals surface area contributed by atoms with Crippen LogP contribution in [0.3, 0.4) is 0 Å². The average Bonchev–Trinajstić information content (AvgIpc) is 2.94. The summed E-state index contributed by atoms with van der Waals surface area (Å²) in [6.07, 6.45) is 2.58. The van der Waals surface area contributed by atoms with Crippen LogP contribution in [0.25, 0.3) is 11.2 Å². The summed E-state index contributed by atoms with van der Waals surface area (Å²) in [5, 5.41) is 9.47. The van der Waals surface area contributed by atoms with Gasteiger partial charge >= 0.3 is 0 Å². The van der Waals surface area contributed by atoms with Crippen LogP contribution in [0, 0.1) is 0 Å². The smallest absolute Gasteiger partial charge is 0.167 e. The lowest BCUT2D eigenvalue weighted by Gasteiger charge is -2.16. The van der Waals surface area contributed by atoms with E-state index in [1.807, 2.05) is 30.3 Å². The zero-order valence-corrected chi connectivity index (χ0v) is 11.3. The van der Waals surface area contributed by atoms with Gasteiger partial charge in [0.1, 0.15) is 24.7 Å². The number of nitrogen functional groups attached to an aromatic ring is 1. The fourth-order valence-electron chi connectivity index (χ4n) is 2.09. The summed E-state index contributed by atoms with van der Waals surface area (Å²) in [7, 11) is 0. The number of rotatable bonds is 5. The number of ether oxygens (including phenoxy) is 1. The molecule has 0 aliphatic carbocycles. The highest BCUT2D eigenvalue weighted by Crippen LogP contribution is 2.19. The number of hydrogen-bond acceptors (Lipinski definition) is 6. The molecule has 0 saturated carbocycles. The highest BCUT2D eigenvalue weighted by Gasteiger charge is 2.12. The van der Waals surface area contributed by atoms with E-state index in [9.17, 15) is 5.11 Å². The van der Waals surface area contributed by atoms with E-state index in [0.717, 1.165) is 5.56 Å². The predicted octanol–water partition coefficient (Wildman–Crippen LogP) is 1.12. The van der Waals surface area contributed by atoms with Gasteiger partial charge in [0.15, 0.2) is 11.5 Å². The van der Waals surface area contributed by atoms with Crippen LogP contribution in [-0.2, 0) is 11.5 Å². The summed E-state index contributed by atoms with van der Waals surface area (Å²) in [5.74, 6) is 0.334. The molecule has 0 fully saturated rings. The maximum Gasteiger partial charge on any atom is 0.167 e. The van der Waals surface area contributed by atoms with Crippen molar-refractivity contribution in [3.05, 3.63) is 48.5 Å². The number of aromatic nitrogens is 4. The summed E-state index contributed by atoms with van der Waals surface area (Å²) in [6, 6.07) is 9.55. The minimum absolute atomic E-state index is 0.103. The zero-order valence-electron chi connectivity index (χ0n) is 11.3. The van der Waals surface area contributed by atoms with E-state index in [4.69, 9.17) is 10.5 Å². The first-order valence-electron chi connectivity index (χ1n) is 6.48. The summed E-state index contributed by atoms with van der Waals surface area (Å²) >= 11 is 0. The molecule has 2 aromatic heterocycles. The van der Waals surface area contributed by atoms with E-state index in [2.05, 4.69) is 15.0 Å². The van der Waals surface area contributed by atoms with E-state index in [1.165, 1.54) is 6.33 Å². The van der Waals surface area contributed by atoms with Crippen molar-refractivity contribution in [1.29, 1.82) is 0 Å². The molecule has 7 nitrogen and oxygen atoms in total. The van der Waals surface area contributed by atoms with Crippen molar-refractivity contribution < 1.29 is 9.84 Å². The van der Waals surface area contributed by atoms with Gasteiger partial charge in [0.2, 0.25) is 0 Å². The van der Waals surface area contributed by atoms with Crippen molar-refractivity contribution in [3.63, 3.8) is 0 Å². The van der Waals surface area contributed by atoms with Gasteiger partial charge in [0.25, 0.3) is 0 Å². The molecule has 0 spiro atoms. The molecule has 0 unspecified atom stereocenters. The van der Waals surface area contributed by atoms with Gasteiger partial charge in [-0.2, -0.15) is 0 Å². The lowest BCUT2D eigenvalue weighted by Crippen LogP contribution is -2.12. The minimum atomic E-state index is -0.400. The summed E-state index contributed by atoms with van der Waals surface area (Å²) < 4.78 is 7.46. The van der Waals surface area contributed by atoms with Crippen molar-refractivity contribution in [3.8, 4) is 0 Å². The monoisotopic (exact) mass is 285 g/mol. The maximum atomic E-state index is 9.47. The minimum Gasteiger partial charge on any atom is -0.393 e. The third kappa shape index (κ3) is 2.69. The van der Waals surface area contributed by atoms with Gasteiger partial charge in [-0.05, 0) is 5.56 Å². The summed E-state index contributed by atoms with van der Waals surface area (Å²) in [5.41, 5.74) is 7.80. The normalized spacial score (nSPS) is 12.6. The van der Waals surface area contributed by atoms with Crippen LogP contribution in [0.2, 0.25) is 0 Å². The van der Waals surface area contributed by atoms with E-state index in [0.29, 0.717) is 17.0 Å². The van der Waals surface area contributed by atoms with E-state index in [-0.39, 0.29) is 13.3 Å². The molecule has 3 rings (SSSR count). The number of anilines is 1. The summed E-state index contributed by atoms with van der Waals surface area (Å²) in [6.45, 7) is 0.112. The van der Waals surface area contributed by atoms with Crippen LogP contribution < -0.4 is 5.73 Å². The Morgan fingerprint density at radius 2 is 2.00 bits per heavy atom. The molecule has 3 N–H and O–H groups in total. The second kappa shape index (κ2) is 5.86. The number of fused-ring (bicyclic) bond motifs is 1. The largest absolute Gasteiger partial charge is 0.393 e. The van der Waals surface area contributed by atoms with Gasteiger partial charge in [-0.3, -0.25) is 4.57 Å². The maximum absolute atomic E-state index is 9.47. The van der Waals surface area contributed by atoms with Crippen molar-refractivity contribution in [1.82, 2.24) is 19.5 Å². The standard InChI is InChI=1S/C14H15N5O2/c15-13-12-14(17-7-16-13)19(8-18-12)9-21-11(6-20)10-4-2-1-3-5-10/h1-5,7-8,11,20H,6,9H2,(H2,15,16,17)/t11-/m1/s1. The van der Waals surface area contributed by atoms with Crippen molar-refractivity contribution >= 4 is 17.0 Å². The van der Waals surface area contributed by atoms with Crippen LogP contribution in [0.5, 0.6) is 0 Å². The van der Waals surface area contributed by atoms with Crippen LogP contribution >= 0.6 is 0 Å². The first kappa shape index (κ1) is 13.5. The lowest BCUT2D eigenvalue weighted by atomic mass is 10.1. The second-order valence-electron chi connectivity index (χ2n) is 4.52. The quantitative estimate of drug-likeness (QED) is 0.728. The Morgan fingerprint density at radius 1 is 1.19 bits per heavy atom. The van der Waals surface area contributed by atoms with Gasteiger partial charge in [-0.15, -0.1) is 0 Å². The Bertz CT molecular complexity index is 729. The van der Waals surface area contributed by atoms with Gasteiger partial charge in [-0.25, -0.2) is 15.0 Å². The van der Waals surface area contributed by atoms with Gasteiger partial charge in [0.05, 0.1) is 12.9 Å². The lowest BCUT2D eigenvalue weighted by molar-refractivity contribution is -0.0241. The number of imidazole rings is 1. The number of benzene rings is 1. The second-order valence-corrected chi connectivity index (χ2v) is 4.52. The first-order valence-corrected chi connectivity index (χ1v) is 6.48. The number of aliphatic hydroxyl groups is 1. The molecule has 7 heteroatoms. The fraction of sp³-hybridized carbons (Fsp3) is 0.214. The summed E-state index contributed by atoms with van der Waals surface area (Å²) in [4.78, 5) is 12.2. The highest BCUT2D eigenvalue weighted by atomic mass is 16.5. The molecule has 3 aromatic rings. The molecule has 21 heavy (non-hydrogen) atoms. The SMILES string of the molecule is Nc1ncnc2c1ncn2CO[C@H](CO)c1ccccc1. The molecular formula is C14H15N5O2. The molecule has 0 bridgehead atoms. The van der Waals surface area contributed by atoms with Crippen LogP contribution in [0.1, 0.15) is 11.7 Å². The Hall–Kier alpha value is -2.51. The first-order chi connectivity index (χ1) is 10.3. The van der Waals surface area contributed by atoms with Gasteiger partial charge in [0, 0.05) is 0 Å². The van der Waals surface area contributed by atoms with Crippen molar-refractivity contribution in [2.75, 3.05) is 12.3 Å². The van der Waals surface area contributed by atoms with Crippen molar-refractivity contribution in [2.45, 2.75) is 12.8 Å². The molecule has 0 amide bonds. The van der Waals surface area contributed by atoms with Gasteiger partial charge < -0.3 is 15.6 Å². The van der Waals surface area contributed by atoms with Gasteiger partial charge in [-0.1, -0.05) is 30.3 Å². The third-order valence-corrected chi connectivity index (χ3v) is 3.18. The molecule has 0 aliphatic heterocycles. The Balaban J connectivity index is 1.78. The third-order valence-electron chi connectivity index (χ3n) is 3.18. The Labute approximate surface area is 121 Å². The molecule has 1 atom stereocenters. The molecular weight excluding hydrogens is 270 g/mol. The molecule has 108 valence electrons. The molecule has 2 heterocycles. The van der Waals surface area contributed by atoms with Crippen LogP contribution in [0.4, 0.5) is 5.82 Å². The number of hydrogen-bond donors (Lipinski definition) is 2. The van der Waals surface area contributed by atoms with Crippen LogP contribution in [0.15, 0.2) is 43.0 Å². The predicted molar refractivity (Wildman–Crippen MR) is 77.1 cm³/mol. The van der Waals surface area contributed by atoms with E-state index >= 15 is 0 Å². The Kier molecular flexibility index (Phi) is 3.76. The average molecular weight is 285 g/mol. The Morgan fingerprint density at radius 3 is 2.76 bits per heavy atom. The number of nitrogens with two attached hydrogens (primary N) is 1. The zero-order chi connectivity index (χ0) is 14.7. The molecule has 0 saturated heterocycles. The van der Waals surface area contributed by atoms with E-state index < -0.39 is 6.10 Å². The number of nitrogens with zero attached hydrogens (tertiary/aromatic N) is 4. The molecule has 0 aliphatic rings. The topological polar surface area (TPSA) is 99.1 Å². The molecule has 1 aromatic carbocycles. The highest BCUT2D eigenvalue weighted by molar-refractivity contribution is 5.80.